The van der Waals surface area contributed by atoms with E-state index in [9.17, 15) is 4.79 Å². The van der Waals surface area contributed by atoms with Crippen LogP contribution in [0.3, 0.4) is 0 Å². The fourth-order valence-electron chi connectivity index (χ4n) is 1.01. The zero-order valence-corrected chi connectivity index (χ0v) is 11.4. The molecule has 90 valence electrons. The second-order valence-corrected chi connectivity index (χ2v) is 3.74. The number of carbonyl (C=O) groups is 1. The van der Waals surface area contributed by atoms with Crippen molar-refractivity contribution in [1.29, 1.82) is 0 Å². The van der Waals surface area contributed by atoms with Crippen molar-refractivity contribution in [3.63, 3.8) is 0 Å². The SMILES string of the molecule is CC.CCN(N)C(=O)c1cc(Br)ccc1N. The highest BCUT2D eigenvalue weighted by Gasteiger charge is 2.13. The van der Waals surface area contributed by atoms with Crippen molar-refractivity contribution in [2.24, 2.45) is 5.84 Å². The van der Waals surface area contributed by atoms with Gasteiger partial charge in [-0.25, -0.2) is 5.84 Å². The van der Waals surface area contributed by atoms with Gasteiger partial charge in [0.25, 0.3) is 5.91 Å². The summed E-state index contributed by atoms with van der Waals surface area (Å²) in [6.45, 7) is 6.25. The monoisotopic (exact) mass is 287 g/mol. The molecule has 1 aromatic rings. The number of hydrogen-bond acceptors (Lipinski definition) is 3. The Morgan fingerprint density at radius 2 is 2.00 bits per heavy atom. The minimum Gasteiger partial charge on any atom is -0.398 e. The van der Waals surface area contributed by atoms with E-state index in [-0.39, 0.29) is 5.91 Å². The third-order valence-electron chi connectivity index (χ3n) is 1.85. The minimum atomic E-state index is -0.272. The van der Waals surface area contributed by atoms with Crippen molar-refractivity contribution < 1.29 is 4.79 Å². The van der Waals surface area contributed by atoms with E-state index >= 15 is 0 Å². The predicted molar refractivity (Wildman–Crippen MR) is 70.8 cm³/mol. The van der Waals surface area contributed by atoms with Crippen LogP contribution in [0.5, 0.6) is 0 Å². The van der Waals surface area contributed by atoms with Crippen molar-refractivity contribution >= 4 is 27.5 Å². The highest BCUT2D eigenvalue weighted by molar-refractivity contribution is 9.10. The van der Waals surface area contributed by atoms with Gasteiger partial charge in [0, 0.05) is 16.7 Å². The number of nitrogens with two attached hydrogens (primary N) is 2. The van der Waals surface area contributed by atoms with E-state index in [1.807, 2.05) is 13.8 Å². The van der Waals surface area contributed by atoms with Gasteiger partial charge in [0.15, 0.2) is 0 Å². The highest BCUT2D eigenvalue weighted by Crippen LogP contribution is 2.19. The Kier molecular flexibility index (Phi) is 6.76. The first kappa shape index (κ1) is 14.9. The lowest BCUT2D eigenvalue weighted by Gasteiger charge is -2.15. The second-order valence-electron chi connectivity index (χ2n) is 2.82. The average Bonchev–Trinajstić information content (AvgIpc) is 2.33. The molecule has 0 aliphatic carbocycles. The summed E-state index contributed by atoms with van der Waals surface area (Å²) in [4.78, 5) is 11.6. The number of nitrogens with zero attached hydrogens (tertiary/aromatic N) is 1. The molecule has 0 aliphatic heterocycles. The lowest BCUT2D eigenvalue weighted by atomic mass is 10.1. The van der Waals surface area contributed by atoms with E-state index in [2.05, 4.69) is 15.9 Å². The van der Waals surface area contributed by atoms with Crippen molar-refractivity contribution in [2.45, 2.75) is 20.8 Å². The Labute approximate surface area is 105 Å². The van der Waals surface area contributed by atoms with Crippen LogP contribution in [0.4, 0.5) is 5.69 Å². The molecule has 0 unspecified atom stereocenters. The zero-order valence-electron chi connectivity index (χ0n) is 9.83. The molecule has 1 amide bonds. The number of halogens is 1. The Morgan fingerprint density at radius 3 is 2.50 bits per heavy atom. The molecule has 1 rings (SSSR count). The molecule has 0 saturated carbocycles. The number of nitrogen functional groups attached to an aromatic ring is 1. The summed E-state index contributed by atoms with van der Waals surface area (Å²) in [6.07, 6.45) is 0. The molecule has 1 aromatic carbocycles. The van der Waals surface area contributed by atoms with E-state index in [0.29, 0.717) is 17.8 Å². The average molecular weight is 288 g/mol. The van der Waals surface area contributed by atoms with Crippen LogP contribution < -0.4 is 11.6 Å². The quantitative estimate of drug-likeness (QED) is 0.380. The van der Waals surface area contributed by atoms with Gasteiger partial charge >= 0.3 is 0 Å². The van der Waals surface area contributed by atoms with Gasteiger partial charge in [-0.15, -0.1) is 0 Å². The third kappa shape index (κ3) is 3.83. The maximum absolute atomic E-state index is 11.6. The maximum Gasteiger partial charge on any atom is 0.269 e. The van der Waals surface area contributed by atoms with Crippen molar-refractivity contribution in [2.75, 3.05) is 12.3 Å². The summed E-state index contributed by atoms with van der Waals surface area (Å²) in [5, 5.41) is 1.12. The highest BCUT2D eigenvalue weighted by atomic mass is 79.9. The van der Waals surface area contributed by atoms with E-state index < -0.39 is 0 Å². The molecule has 0 aliphatic rings. The van der Waals surface area contributed by atoms with E-state index in [1.54, 1.807) is 25.1 Å². The van der Waals surface area contributed by atoms with Gasteiger partial charge in [0.05, 0.1) is 5.56 Å². The molecule has 0 saturated heterocycles. The van der Waals surface area contributed by atoms with Crippen LogP contribution in [0.1, 0.15) is 31.1 Å². The van der Waals surface area contributed by atoms with Crippen LogP contribution in [0.15, 0.2) is 22.7 Å². The number of benzene rings is 1. The molecule has 0 radical (unpaired) electrons. The summed E-state index contributed by atoms with van der Waals surface area (Å²) in [5.74, 6) is 5.21. The normalized spacial score (nSPS) is 9.06. The van der Waals surface area contributed by atoms with Gasteiger partial charge in [0.2, 0.25) is 0 Å². The smallest absolute Gasteiger partial charge is 0.269 e. The van der Waals surface area contributed by atoms with Crippen LogP contribution >= 0.6 is 15.9 Å². The standard InChI is InChI=1S/C9H12BrN3O.C2H6/c1-2-13(12)9(14)7-5-6(10)3-4-8(7)11;1-2/h3-5H,2,11-12H2,1H3;1-2H3. The fraction of sp³-hybridized carbons (Fsp3) is 0.364. The fourth-order valence-corrected chi connectivity index (χ4v) is 1.37. The molecule has 0 spiro atoms. The number of anilines is 1. The Balaban J connectivity index is 0.00000106. The third-order valence-corrected chi connectivity index (χ3v) is 2.34. The molecule has 4 nitrogen and oxygen atoms in total. The van der Waals surface area contributed by atoms with Gasteiger partial charge < -0.3 is 5.73 Å². The lowest BCUT2D eigenvalue weighted by molar-refractivity contribution is 0.0765. The van der Waals surface area contributed by atoms with Crippen LogP contribution in [-0.2, 0) is 0 Å². The first-order valence-corrected chi connectivity index (χ1v) is 5.97. The summed E-state index contributed by atoms with van der Waals surface area (Å²) in [7, 11) is 0. The molecule has 5 heteroatoms. The van der Waals surface area contributed by atoms with Crippen LogP contribution in [0.2, 0.25) is 0 Å². The first-order chi connectivity index (χ1) is 7.56. The van der Waals surface area contributed by atoms with Gasteiger partial charge in [-0.05, 0) is 25.1 Å². The zero-order chi connectivity index (χ0) is 12.7. The lowest BCUT2D eigenvalue weighted by Crippen LogP contribution is -2.37. The van der Waals surface area contributed by atoms with Crippen LogP contribution in [0, 0.1) is 0 Å². The molecular weight excluding hydrogens is 270 g/mol. The molecular formula is C11H18BrN3O. The summed E-state index contributed by atoms with van der Waals surface area (Å²) in [5.41, 5.74) is 6.51. The van der Waals surface area contributed by atoms with Gasteiger partial charge in [-0.1, -0.05) is 29.8 Å². The molecule has 0 fully saturated rings. The van der Waals surface area contributed by atoms with Crippen molar-refractivity contribution in [3.05, 3.63) is 28.2 Å². The minimum absolute atomic E-state index is 0.272. The topological polar surface area (TPSA) is 72.3 Å². The van der Waals surface area contributed by atoms with Crippen molar-refractivity contribution in [1.82, 2.24) is 5.01 Å². The van der Waals surface area contributed by atoms with Crippen LogP contribution in [-0.4, -0.2) is 17.5 Å². The molecule has 16 heavy (non-hydrogen) atoms. The van der Waals surface area contributed by atoms with Gasteiger partial charge in [-0.3, -0.25) is 9.80 Å². The Morgan fingerprint density at radius 1 is 1.44 bits per heavy atom. The molecule has 0 bridgehead atoms. The molecule has 4 N–H and O–H groups in total. The number of hydrazine groups is 1. The largest absolute Gasteiger partial charge is 0.398 e. The number of amides is 1. The molecule has 0 aromatic heterocycles. The summed E-state index contributed by atoms with van der Waals surface area (Å²) >= 11 is 3.27. The number of carbonyl (C=O) groups excluding carboxylic acids is 1. The second kappa shape index (κ2) is 7.24. The Bertz CT molecular complexity index is 355. The van der Waals surface area contributed by atoms with E-state index in [4.69, 9.17) is 11.6 Å². The van der Waals surface area contributed by atoms with Crippen molar-refractivity contribution in [3.8, 4) is 0 Å². The number of hydrogen-bond donors (Lipinski definition) is 2. The predicted octanol–water partition coefficient (Wildman–Crippen LogP) is 2.39. The van der Waals surface area contributed by atoms with Gasteiger partial charge in [0.1, 0.15) is 0 Å². The first-order valence-electron chi connectivity index (χ1n) is 5.17. The maximum atomic E-state index is 11.6. The summed E-state index contributed by atoms with van der Waals surface area (Å²) in [6, 6.07) is 5.10. The van der Waals surface area contributed by atoms with Crippen LogP contribution in [0.25, 0.3) is 0 Å². The Hall–Kier alpha value is -1.07. The van der Waals surface area contributed by atoms with E-state index in [1.165, 1.54) is 0 Å². The summed E-state index contributed by atoms with van der Waals surface area (Å²) < 4.78 is 0.805. The molecule has 0 atom stereocenters. The van der Waals surface area contributed by atoms with E-state index in [0.717, 1.165) is 9.48 Å². The van der Waals surface area contributed by atoms with Gasteiger partial charge in [-0.2, -0.15) is 0 Å². The number of rotatable bonds is 2. The molecule has 0 heterocycles.